The number of rotatable bonds is 8. The number of carbonyl (C=O) groups excluding carboxylic acids is 2. The summed E-state index contributed by atoms with van der Waals surface area (Å²) in [6.07, 6.45) is 2.80. The molecule has 2 atom stereocenters. The Hall–Kier alpha value is -2.93. The Morgan fingerprint density at radius 3 is 2.54 bits per heavy atom. The monoisotopic (exact) mass is 355 g/mol. The van der Waals surface area contributed by atoms with Crippen LogP contribution in [0.25, 0.3) is 0 Å². The van der Waals surface area contributed by atoms with Crippen molar-refractivity contribution in [2.75, 3.05) is 5.73 Å². The van der Waals surface area contributed by atoms with Crippen LogP contribution in [0.5, 0.6) is 0 Å². The van der Waals surface area contributed by atoms with Gasteiger partial charge in [-0.15, -0.1) is 0 Å². The minimum Gasteiger partial charge on any atom is -0.383 e. The molecular formula is C19H25N5O2. The summed E-state index contributed by atoms with van der Waals surface area (Å²) in [6, 6.07) is 12.0. The van der Waals surface area contributed by atoms with Crippen molar-refractivity contribution in [1.82, 2.24) is 15.6 Å². The molecule has 0 spiro atoms. The van der Waals surface area contributed by atoms with Gasteiger partial charge >= 0.3 is 0 Å². The van der Waals surface area contributed by atoms with Crippen LogP contribution in [0.4, 0.5) is 5.82 Å². The summed E-state index contributed by atoms with van der Waals surface area (Å²) >= 11 is 0. The lowest BCUT2D eigenvalue weighted by atomic mass is 10.1. The van der Waals surface area contributed by atoms with Crippen molar-refractivity contribution in [2.24, 2.45) is 5.73 Å². The van der Waals surface area contributed by atoms with E-state index in [0.717, 1.165) is 11.1 Å². The van der Waals surface area contributed by atoms with Crippen molar-refractivity contribution in [2.45, 2.75) is 38.4 Å². The zero-order valence-electron chi connectivity index (χ0n) is 14.8. The van der Waals surface area contributed by atoms with E-state index in [2.05, 4.69) is 15.6 Å². The highest BCUT2D eigenvalue weighted by Gasteiger charge is 2.20. The van der Waals surface area contributed by atoms with Gasteiger partial charge < -0.3 is 22.1 Å². The van der Waals surface area contributed by atoms with Crippen LogP contribution in [-0.4, -0.2) is 28.9 Å². The molecule has 1 heterocycles. The minimum absolute atomic E-state index is 0.249. The zero-order chi connectivity index (χ0) is 18.9. The third-order valence-corrected chi connectivity index (χ3v) is 4.05. The number of pyridine rings is 1. The van der Waals surface area contributed by atoms with Gasteiger partial charge in [-0.2, -0.15) is 0 Å². The molecule has 0 aliphatic carbocycles. The maximum absolute atomic E-state index is 12.2. The number of hydrogen-bond acceptors (Lipinski definition) is 5. The van der Waals surface area contributed by atoms with Gasteiger partial charge in [-0.3, -0.25) is 9.59 Å². The highest BCUT2D eigenvalue weighted by atomic mass is 16.2. The van der Waals surface area contributed by atoms with Gasteiger partial charge in [0.25, 0.3) is 0 Å². The highest BCUT2D eigenvalue weighted by Crippen LogP contribution is 2.06. The van der Waals surface area contributed by atoms with E-state index in [9.17, 15) is 9.59 Å². The summed E-state index contributed by atoms with van der Waals surface area (Å²) < 4.78 is 0. The molecule has 0 bridgehead atoms. The molecule has 0 fully saturated rings. The molecule has 0 unspecified atom stereocenters. The van der Waals surface area contributed by atoms with Gasteiger partial charge in [-0.1, -0.05) is 36.4 Å². The van der Waals surface area contributed by atoms with Gasteiger partial charge in [-0.05, 0) is 31.4 Å². The molecular weight excluding hydrogens is 330 g/mol. The Morgan fingerprint density at radius 1 is 1.12 bits per heavy atom. The van der Waals surface area contributed by atoms with Crippen LogP contribution in [0, 0.1) is 0 Å². The second-order valence-electron chi connectivity index (χ2n) is 6.13. The zero-order valence-corrected chi connectivity index (χ0v) is 14.8. The largest absolute Gasteiger partial charge is 0.383 e. The summed E-state index contributed by atoms with van der Waals surface area (Å²) in [5.41, 5.74) is 13.5. The summed E-state index contributed by atoms with van der Waals surface area (Å²) in [5.74, 6) is -0.284. The van der Waals surface area contributed by atoms with Crippen molar-refractivity contribution >= 4 is 17.6 Å². The first-order chi connectivity index (χ1) is 12.5. The first kappa shape index (κ1) is 19.4. The Kier molecular flexibility index (Phi) is 7.11. The molecule has 0 radical (unpaired) electrons. The molecule has 1 aromatic carbocycles. The fraction of sp³-hybridized carbons (Fsp3) is 0.316. The van der Waals surface area contributed by atoms with E-state index in [1.165, 1.54) is 0 Å². The molecule has 1 aromatic heterocycles. The molecule has 2 aromatic rings. The number of aryl methyl sites for hydroxylation is 1. The van der Waals surface area contributed by atoms with Gasteiger partial charge in [0.15, 0.2) is 0 Å². The van der Waals surface area contributed by atoms with Crippen molar-refractivity contribution in [1.29, 1.82) is 0 Å². The van der Waals surface area contributed by atoms with Gasteiger partial charge in [0.2, 0.25) is 11.8 Å². The molecule has 7 nitrogen and oxygen atoms in total. The number of nitrogens with zero attached hydrogens (tertiary/aromatic N) is 1. The van der Waals surface area contributed by atoms with E-state index >= 15 is 0 Å². The predicted molar refractivity (Wildman–Crippen MR) is 101 cm³/mol. The topological polar surface area (TPSA) is 123 Å². The van der Waals surface area contributed by atoms with Crippen molar-refractivity contribution in [3.63, 3.8) is 0 Å². The average Bonchev–Trinajstić information content (AvgIpc) is 2.65. The number of aromatic nitrogens is 1. The Labute approximate surface area is 153 Å². The summed E-state index contributed by atoms with van der Waals surface area (Å²) in [5, 5.41) is 5.37. The fourth-order valence-corrected chi connectivity index (χ4v) is 2.42. The average molecular weight is 355 g/mol. The van der Waals surface area contributed by atoms with E-state index in [1.54, 1.807) is 25.3 Å². The number of anilines is 1. The van der Waals surface area contributed by atoms with Crippen LogP contribution >= 0.6 is 0 Å². The SMILES string of the molecule is C[C@H](NC(=O)[C@H](N)CCc1ccccc1)C(=O)NCc1cccnc1N. The first-order valence-electron chi connectivity index (χ1n) is 8.54. The minimum atomic E-state index is -0.692. The molecule has 0 saturated carbocycles. The molecule has 0 saturated heterocycles. The van der Waals surface area contributed by atoms with E-state index in [0.29, 0.717) is 18.7 Å². The summed E-state index contributed by atoms with van der Waals surface area (Å²) in [4.78, 5) is 28.3. The highest BCUT2D eigenvalue weighted by molar-refractivity contribution is 5.89. The van der Waals surface area contributed by atoms with Gasteiger partial charge in [0.05, 0.1) is 6.04 Å². The second-order valence-corrected chi connectivity index (χ2v) is 6.13. The van der Waals surface area contributed by atoms with Crippen LogP contribution in [0.15, 0.2) is 48.7 Å². The Balaban J connectivity index is 1.76. The number of nitrogens with two attached hydrogens (primary N) is 2. The maximum Gasteiger partial charge on any atom is 0.242 e. The van der Waals surface area contributed by atoms with Crippen LogP contribution in [0.2, 0.25) is 0 Å². The van der Waals surface area contributed by atoms with Crippen LogP contribution in [0.3, 0.4) is 0 Å². The van der Waals surface area contributed by atoms with Crippen molar-refractivity contribution in [3.8, 4) is 0 Å². The number of carbonyl (C=O) groups is 2. The van der Waals surface area contributed by atoms with E-state index < -0.39 is 12.1 Å². The molecule has 138 valence electrons. The number of nitrogen functional groups attached to an aromatic ring is 1. The standard InChI is InChI=1S/C19H25N5O2/c1-13(18(25)23-12-15-8-5-11-22-17(15)21)24-19(26)16(20)10-9-14-6-3-2-4-7-14/h2-8,11,13,16H,9-10,12,20H2,1H3,(H2,21,22)(H,23,25)(H,24,26)/t13-,16+/m0/s1. The molecule has 0 aliphatic rings. The maximum atomic E-state index is 12.2. The number of benzene rings is 1. The first-order valence-corrected chi connectivity index (χ1v) is 8.54. The van der Waals surface area contributed by atoms with Crippen molar-refractivity contribution in [3.05, 3.63) is 59.8 Å². The van der Waals surface area contributed by atoms with Crippen LogP contribution in [0.1, 0.15) is 24.5 Å². The lowest BCUT2D eigenvalue weighted by Gasteiger charge is -2.17. The third-order valence-electron chi connectivity index (χ3n) is 4.05. The molecule has 2 rings (SSSR count). The van der Waals surface area contributed by atoms with Gasteiger partial charge in [0.1, 0.15) is 11.9 Å². The molecule has 6 N–H and O–H groups in total. The van der Waals surface area contributed by atoms with Crippen molar-refractivity contribution < 1.29 is 9.59 Å². The van der Waals surface area contributed by atoms with E-state index in [4.69, 9.17) is 11.5 Å². The molecule has 26 heavy (non-hydrogen) atoms. The lowest BCUT2D eigenvalue weighted by Crippen LogP contribution is -2.50. The molecule has 2 amide bonds. The molecule has 0 aliphatic heterocycles. The third kappa shape index (κ3) is 5.86. The summed E-state index contributed by atoms with van der Waals surface area (Å²) in [6.45, 7) is 1.86. The fourth-order valence-electron chi connectivity index (χ4n) is 2.42. The molecule has 7 heteroatoms. The van der Waals surface area contributed by atoms with E-state index in [-0.39, 0.29) is 18.4 Å². The van der Waals surface area contributed by atoms with Gasteiger partial charge in [-0.25, -0.2) is 4.98 Å². The van der Waals surface area contributed by atoms with E-state index in [1.807, 2.05) is 30.3 Å². The number of hydrogen-bond donors (Lipinski definition) is 4. The predicted octanol–water partition coefficient (Wildman–Crippen LogP) is 0.745. The summed E-state index contributed by atoms with van der Waals surface area (Å²) in [7, 11) is 0. The number of nitrogens with one attached hydrogen (secondary N) is 2. The Bertz CT molecular complexity index is 736. The number of amides is 2. The van der Waals surface area contributed by atoms with Crippen LogP contribution < -0.4 is 22.1 Å². The van der Waals surface area contributed by atoms with Gasteiger partial charge in [0, 0.05) is 18.3 Å². The van der Waals surface area contributed by atoms with Crippen LogP contribution in [-0.2, 0) is 22.6 Å². The normalized spacial score (nSPS) is 12.8. The Morgan fingerprint density at radius 2 is 1.85 bits per heavy atom. The lowest BCUT2D eigenvalue weighted by molar-refractivity contribution is -0.129. The quantitative estimate of drug-likeness (QED) is 0.556. The second kappa shape index (κ2) is 9.53. The smallest absolute Gasteiger partial charge is 0.242 e.